The molecule has 6 aromatic carbocycles. The minimum atomic E-state index is -0.997. The maximum absolute atomic E-state index is 13.4. The quantitative estimate of drug-likeness (QED) is 0.0300. The summed E-state index contributed by atoms with van der Waals surface area (Å²) in [6, 6.07) is 34.1. The Morgan fingerprint density at radius 3 is 1.06 bits per heavy atom. The molecule has 6 heterocycles. The van der Waals surface area contributed by atoms with Gasteiger partial charge in [-0.2, -0.15) is 0 Å². The Hall–Kier alpha value is -10.6. The van der Waals surface area contributed by atoms with Gasteiger partial charge in [0.1, 0.15) is 68.2 Å². The summed E-state index contributed by atoms with van der Waals surface area (Å²) in [7, 11) is 6.27. The van der Waals surface area contributed by atoms with Gasteiger partial charge >= 0.3 is 0 Å². The van der Waals surface area contributed by atoms with E-state index in [-0.39, 0.29) is 79.9 Å². The lowest BCUT2D eigenvalue weighted by atomic mass is 10.0. The molecule has 6 aromatic heterocycles. The second-order valence-electron chi connectivity index (χ2n) is 26.5. The van der Waals surface area contributed by atoms with E-state index >= 15 is 0 Å². The summed E-state index contributed by atoms with van der Waals surface area (Å²) in [4.78, 5) is 74.3. The Balaban J connectivity index is 0.000000184. The second kappa shape index (κ2) is 45.0. The van der Waals surface area contributed by atoms with Crippen molar-refractivity contribution in [1.82, 2.24) is 61.2 Å². The minimum absolute atomic E-state index is 0.00250. The van der Waals surface area contributed by atoms with Crippen LogP contribution in [0.15, 0.2) is 121 Å². The average Bonchev–Trinajstić information content (AvgIpc) is 1.76. The Morgan fingerprint density at radius 1 is 0.319 bits per heavy atom. The van der Waals surface area contributed by atoms with Gasteiger partial charge < -0.3 is 34.9 Å². The van der Waals surface area contributed by atoms with Crippen molar-refractivity contribution < 1.29 is 60.9 Å². The first-order valence-corrected chi connectivity index (χ1v) is 42.1. The first-order valence-electron chi connectivity index (χ1n) is 36.9. The van der Waals surface area contributed by atoms with Crippen molar-refractivity contribution in [3.63, 3.8) is 0 Å². The van der Waals surface area contributed by atoms with Crippen molar-refractivity contribution in [2.75, 3.05) is 44.4 Å². The summed E-state index contributed by atoms with van der Waals surface area (Å²) in [5.74, 6) is -0.359. The number of halogens is 4. The number of anilines is 3. The lowest BCUT2D eigenvalue weighted by molar-refractivity contribution is -0.118. The second-order valence-corrected chi connectivity index (χ2v) is 33.5. The molecule has 0 aliphatic heterocycles. The van der Waals surface area contributed by atoms with Crippen LogP contribution >= 0.6 is 79.6 Å². The fourth-order valence-electron chi connectivity index (χ4n) is 11.5. The summed E-state index contributed by atoms with van der Waals surface area (Å²) in [6.07, 6.45) is 11.8. The number of rotatable bonds is 40. The lowest BCUT2D eigenvalue weighted by Gasteiger charge is -2.09. The first-order chi connectivity index (χ1) is 56.1. The standard InChI is InChI=1S/C29H33N5O6S2.C26H26ClN5O2S2.C26H24F3N5O2S2/c1-37-21-11-9-18(14-23(21)39-3)13-20(35)17-28-33-31-26(41-28)7-5-6-8-27-32-34-29(42-27)30-25(36)16-19-10-12-22(38-2)24(15-19)40-4;1-17-8-2-3-9-18(17)14-20(33)16-25-31-29-23(35-25)12-6-7-13-24-30-32-26(36-24)28-22(34)15-19-10-4-5-11-21(19)27;1-15-10-16(6-8-19(15)27)11-18(35)14-25-33-31-23(37-25)4-2-3-5-24-32-34-26(38-24)30-22(36)13-17-7-9-20(28)21(29)12-17/h9-12,14-15H,5-8,13,16-17H2,1-4H3,(H,30,34,36);2-5,8-11H,6-7,12-16H2,1H3,(H,28,32,34);6-10,12H,2-5,11,13-14H2,1H3,(H,30,34,36). The van der Waals surface area contributed by atoms with E-state index in [1.807, 2.05) is 67.6 Å². The monoisotopic (exact) mass is 1710 g/mol. The zero-order valence-corrected chi connectivity index (χ0v) is 70.0. The maximum atomic E-state index is 13.4. The third-order valence-corrected chi connectivity index (χ3v) is 23.4. The van der Waals surface area contributed by atoms with Crippen molar-refractivity contribution in [3.8, 4) is 23.0 Å². The Kier molecular flexibility index (Phi) is 34.1. The van der Waals surface area contributed by atoms with E-state index in [2.05, 4.69) is 77.1 Å². The predicted molar refractivity (Wildman–Crippen MR) is 443 cm³/mol. The molecule has 0 atom stereocenters. The lowest BCUT2D eigenvalue weighted by Crippen LogP contribution is -2.14. The molecule has 25 nitrogen and oxygen atoms in total. The molecule has 0 spiro atoms. The molecule has 116 heavy (non-hydrogen) atoms. The van der Waals surface area contributed by atoms with Gasteiger partial charge in [0, 0.05) is 62.8 Å². The van der Waals surface area contributed by atoms with Crippen LogP contribution in [0, 0.1) is 31.3 Å². The number of hydrogen-bond donors (Lipinski definition) is 3. The molecule has 12 rings (SSSR count). The normalized spacial score (nSPS) is 10.9. The highest BCUT2D eigenvalue weighted by Crippen LogP contribution is 2.31. The number of nitrogens with zero attached hydrogens (tertiary/aromatic N) is 12. The fraction of sp³-hybridized carbons (Fsp3) is 0.333. The third-order valence-electron chi connectivity index (χ3n) is 17.4. The third kappa shape index (κ3) is 28.7. The number of unbranched alkanes of at least 4 members (excludes halogenated alkanes) is 3. The van der Waals surface area contributed by atoms with Gasteiger partial charge in [0.15, 0.2) is 34.6 Å². The highest BCUT2D eigenvalue weighted by atomic mass is 35.5. The molecule has 3 amide bonds. The van der Waals surface area contributed by atoms with Crippen molar-refractivity contribution >= 4 is 130 Å². The van der Waals surface area contributed by atoms with Crippen LogP contribution in [0.3, 0.4) is 0 Å². The number of nitrogens with one attached hydrogen (secondary N) is 3. The summed E-state index contributed by atoms with van der Waals surface area (Å²) in [5.41, 5.74) is 6.29. The van der Waals surface area contributed by atoms with Crippen molar-refractivity contribution in [2.45, 2.75) is 149 Å². The highest BCUT2D eigenvalue weighted by molar-refractivity contribution is 7.16. The van der Waals surface area contributed by atoms with Crippen molar-refractivity contribution in [3.05, 3.63) is 233 Å². The van der Waals surface area contributed by atoms with Gasteiger partial charge in [0.25, 0.3) is 0 Å². The van der Waals surface area contributed by atoms with Gasteiger partial charge in [-0.15, -0.1) is 95.2 Å². The minimum Gasteiger partial charge on any atom is -0.493 e. The van der Waals surface area contributed by atoms with E-state index in [1.54, 1.807) is 71.8 Å². The van der Waals surface area contributed by atoms with E-state index in [4.69, 9.17) is 30.5 Å². The molecule has 3 N–H and O–H groups in total. The molecule has 0 aliphatic rings. The van der Waals surface area contributed by atoms with Gasteiger partial charge in [-0.1, -0.05) is 118 Å². The zero-order chi connectivity index (χ0) is 82.3. The smallest absolute Gasteiger partial charge is 0.230 e. The van der Waals surface area contributed by atoms with Gasteiger partial charge in [0.2, 0.25) is 33.1 Å². The number of carbonyl (C=O) groups excluding carboxylic acids is 6. The van der Waals surface area contributed by atoms with Crippen LogP contribution in [0.4, 0.5) is 28.6 Å². The van der Waals surface area contributed by atoms with Gasteiger partial charge in [-0.3, -0.25) is 28.8 Å². The molecule has 0 unspecified atom stereocenters. The van der Waals surface area contributed by atoms with Crippen LogP contribution in [-0.4, -0.2) is 125 Å². The largest absolute Gasteiger partial charge is 0.493 e. The zero-order valence-electron chi connectivity index (χ0n) is 64.3. The van der Waals surface area contributed by atoms with E-state index < -0.39 is 17.5 Å². The first kappa shape index (κ1) is 87.8. The molecule has 606 valence electrons. The van der Waals surface area contributed by atoms with E-state index in [9.17, 15) is 41.9 Å². The summed E-state index contributed by atoms with van der Waals surface area (Å²) >= 11 is 14.5. The molecule has 0 saturated heterocycles. The topological polar surface area (TPSA) is 330 Å². The summed E-state index contributed by atoms with van der Waals surface area (Å²) in [6.45, 7) is 3.69. The number of hydrogen-bond acceptors (Lipinski definition) is 28. The number of methoxy groups -OCH3 is 4. The molecule has 0 saturated carbocycles. The van der Waals surface area contributed by atoms with Crippen molar-refractivity contribution in [2.24, 2.45) is 0 Å². The average molecular weight is 1710 g/mol. The predicted octanol–water partition coefficient (Wildman–Crippen LogP) is 15.2. The van der Waals surface area contributed by atoms with Gasteiger partial charge in [-0.25, -0.2) is 13.2 Å². The Morgan fingerprint density at radius 2 is 0.655 bits per heavy atom. The van der Waals surface area contributed by atoms with E-state index in [0.29, 0.717) is 83.8 Å². The van der Waals surface area contributed by atoms with Crippen LogP contribution in [0.2, 0.25) is 5.02 Å². The molecule has 12 aromatic rings. The molecule has 0 fully saturated rings. The van der Waals surface area contributed by atoms with Gasteiger partial charge in [0.05, 0.1) is 67.0 Å². The van der Waals surface area contributed by atoms with Crippen LogP contribution in [0.5, 0.6) is 23.0 Å². The Labute approximate surface area is 696 Å². The number of aryl methyl sites for hydroxylation is 8. The van der Waals surface area contributed by atoms with E-state index in [1.165, 1.54) is 80.2 Å². The molecule has 35 heteroatoms. The van der Waals surface area contributed by atoms with Crippen molar-refractivity contribution in [1.29, 1.82) is 0 Å². The molecular weight excluding hydrogens is 1630 g/mol. The number of benzene rings is 6. The van der Waals surface area contributed by atoms with Gasteiger partial charge in [-0.05, 0) is 145 Å². The van der Waals surface area contributed by atoms with Crippen LogP contribution in [0.1, 0.15) is 128 Å². The number of carbonyl (C=O) groups is 6. The summed E-state index contributed by atoms with van der Waals surface area (Å²) in [5, 5.41) is 67.3. The Bertz CT molecular complexity index is 4990. The van der Waals surface area contributed by atoms with Crippen LogP contribution < -0.4 is 34.9 Å². The number of ether oxygens (including phenoxy) is 4. The maximum Gasteiger partial charge on any atom is 0.230 e. The molecular formula is C81H83ClF3N15O10S6. The SMILES string of the molecule is COc1ccc(CC(=O)Cc2nnc(CCCCc3nnc(NC(=O)Cc4ccc(OC)c(OC)c4)s3)s2)cc1OC.Cc1cc(CC(=O)Cc2nnc(CCCCc3nnc(NC(=O)Cc4ccc(F)c(F)c4)s3)s2)ccc1F.Cc1ccccc1CC(=O)Cc1nnc(CCCCc2nnc(NC(=O)Cc3ccccc3Cl)s2)s1. The molecule has 0 bridgehead atoms. The van der Waals surface area contributed by atoms with Crippen LogP contribution in [-0.2, 0) is 125 Å². The number of amides is 3. The van der Waals surface area contributed by atoms with Crippen LogP contribution in [0.25, 0.3) is 0 Å². The highest BCUT2D eigenvalue weighted by Gasteiger charge is 2.20. The number of Topliss-reactive ketones (excluding diaryl/α,β-unsaturated/α-hetero) is 3. The molecule has 0 aliphatic carbocycles. The number of ketones is 3. The fourth-order valence-corrected chi connectivity index (χ4v) is 16.9. The van der Waals surface area contributed by atoms with E-state index in [0.717, 1.165) is 151 Å². The molecule has 0 radical (unpaired) electrons. The number of aromatic nitrogens is 12. The summed E-state index contributed by atoms with van der Waals surface area (Å²) < 4.78 is 60.8.